The molecule has 2 aromatic carbocycles. The lowest BCUT2D eigenvalue weighted by molar-refractivity contribution is -0.115. The van der Waals surface area contributed by atoms with E-state index in [0.29, 0.717) is 29.5 Å². The zero-order chi connectivity index (χ0) is 26.6. The van der Waals surface area contributed by atoms with E-state index in [1.807, 2.05) is 66.7 Å². The predicted octanol–water partition coefficient (Wildman–Crippen LogP) is 6.60. The summed E-state index contributed by atoms with van der Waals surface area (Å²) in [5, 5.41) is 3.71. The fourth-order valence-electron chi connectivity index (χ4n) is 3.80. The van der Waals surface area contributed by atoms with Crippen molar-refractivity contribution in [2.45, 2.75) is 20.5 Å². The second-order valence-electron chi connectivity index (χ2n) is 8.39. The largest absolute Gasteiger partial charge is 0.487 e. The number of ether oxygens (including phenoxy) is 1. The number of benzene rings is 2. The summed E-state index contributed by atoms with van der Waals surface area (Å²) in [5.74, 6) is 0.561. The van der Waals surface area contributed by atoms with Gasteiger partial charge in [-0.1, -0.05) is 75.0 Å². The van der Waals surface area contributed by atoms with Crippen LogP contribution >= 0.6 is 11.6 Å². The molecule has 192 valence electrons. The zero-order valence-electron chi connectivity index (χ0n) is 21.5. The highest BCUT2D eigenvalue weighted by atomic mass is 35.5. The second-order valence-corrected chi connectivity index (χ2v) is 8.83. The number of rotatable bonds is 13. The average molecular weight is 516 g/mol. The van der Waals surface area contributed by atoms with Gasteiger partial charge in [0.1, 0.15) is 12.4 Å². The van der Waals surface area contributed by atoms with Crippen LogP contribution in [0.25, 0.3) is 23.8 Å². The number of nitrogens with zero attached hydrogens (tertiary/aromatic N) is 2. The maximum Gasteiger partial charge on any atom is 0.251 e. The first-order chi connectivity index (χ1) is 18.0. The van der Waals surface area contributed by atoms with Gasteiger partial charge >= 0.3 is 0 Å². The molecule has 0 saturated carbocycles. The number of amides is 1. The summed E-state index contributed by atoms with van der Waals surface area (Å²) < 4.78 is 5.94. The molecule has 0 aliphatic heterocycles. The fourth-order valence-corrected chi connectivity index (χ4v) is 3.93. The summed E-state index contributed by atoms with van der Waals surface area (Å²) in [7, 11) is 0. The highest BCUT2D eigenvalue weighted by Crippen LogP contribution is 2.23. The lowest BCUT2D eigenvalue weighted by atomic mass is 10.0. The van der Waals surface area contributed by atoms with Crippen LogP contribution in [0.3, 0.4) is 0 Å². The van der Waals surface area contributed by atoms with Crippen LogP contribution < -0.4 is 10.1 Å². The maximum absolute atomic E-state index is 13.2. The molecular formula is C31H34ClN3O2. The van der Waals surface area contributed by atoms with Crippen molar-refractivity contribution in [3.8, 4) is 5.75 Å². The van der Waals surface area contributed by atoms with E-state index in [0.717, 1.165) is 47.7 Å². The molecule has 3 rings (SSSR count). The molecule has 5 nitrogen and oxygen atoms in total. The minimum atomic E-state index is -0.126. The predicted molar refractivity (Wildman–Crippen MR) is 155 cm³/mol. The van der Waals surface area contributed by atoms with Gasteiger partial charge in [0.25, 0.3) is 5.91 Å². The number of likely N-dealkylation sites (N-methyl/N-ethyl adjacent to an activating group) is 1. The van der Waals surface area contributed by atoms with Crippen molar-refractivity contribution in [3.63, 3.8) is 0 Å². The molecule has 6 heteroatoms. The topological polar surface area (TPSA) is 54.5 Å². The van der Waals surface area contributed by atoms with E-state index in [-0.39, 0.29) is 5.91 Å². The highest BCUT2D eigenvalue weighted by molar-refractivity contribution is 6.30. The maximum atomic E-state index is 13.2. The number of pyridine rings is 1. The van der Waals surface area contributed by atoms with E-state index in [4.69, 9.17) is 16.3 Å². The Kier molecular flexibility index (Phi) is 10.7. The third-order valence-electron chi connectivity index (χ3n) is 6.01. The Hall–Kier alpha value is -3.67. The molecule has 0 bridgehead atoms. The van der Waals surface area contributed by atoms with Crippen LogP contribution in [-0.4, -0.2) is 42.0 Å². The van der Waals surface area contributed by atoms with E-state index < -0.39 is 0 Å². The molecule has 1 heterocycles. The Labute approximate surface area is 225 Å². The minimum absolute atomic E-state index is 0.126. The number of carbonyl (C=O) groups excluding carboxylic acids is 1. The number of hydrogen-bond acceptors (Lipinski definition) is 4. The summed E-state index contributed by atoms with van der Waals surface area (Å²) in [6.45, 7) is 15.4. The lowest BCUT2D eigenvalue weighted by Gasteiger charge is -2.18. The number of nitrogens with one attached hydrogen (secondary N) is 1. The molecule has 0 atom stereocenters. The molecule has 37 heavy (non-hydrogen) atoms. The zero-order valence-corrected chi connectivity index (χ0v) is 22.3. The summed E-state index contributed by atoms with van der Waals surface area (Å²) in [6.07, 6.45) is 5.33. The molecule has 0 aliphatic carbocycles. The smallest absolute Gasteiger partial charge is 0.251 e. The number of halogens is 1. The van der Waals surface area contributed by atoms with Gasteiger partial charge in [0.15, 0.2) is 0 Å². The summed E-state index contributed by atoms with van der Waals surface area (Å²) in [5.41, 5.74) is 4.76. The first kappa shape index (κ1) is 27.9. The van der Waals surface area contributed by atoms with Gasteiger partial charge < -0.3 is 15.0 Å². The first-order valence-electron chi connectivity index (χ1n) is 12.4. The van der Waals surface area contributed by atoms with Crippen LogP contribution in [0.5, 0.6) is 5.75 Å². The Morgan fingerprint density at radius 1 is 1.00 bits per heavy atom. The van der Waals surface area contributed by atoms with Crippen molar-refractivity contribution < 1.29 is 9.53 Å². The van der Waals surface area contributed by atoms with Gasteiger partial charge in [0, 0.05) is 23.7 Å². The van der Waals surface area contributed by atoms with E-state index in [9.17, 15) is 4.79 Å². The van der Waals surface area contributed by atoms with Gasteiger partial charge in [-0.25, -0.2) is 4.98 Å². The van der Waals surface area contributed by atoms with Crippen LogP contribution in [0.15, 0.2) is 73.8 Å². The van der Waals surface area contributed by atoms with Crippen molar-refractivity contribution in [2.75, 3.05) is 26.2 Å². The molecule has 0 aliphatic rings. The monoisotopic (exact) mass is 515 g/mol. The van der Waals surface area contributed by atoms with Crippen molar-refractivity contribution in [1.29, 1.82) is 0 Å². The van der Waals surface area contributed by atoms with Crippen LogP contribution in [-0.2, 0) is 11.4 Å². The molecule has 0 spiro atoms. The molecule has 1 amide bonds. The number of hydrogen-bond donors (Lipinski definition) is 1. The molecule has 1 aromatic heterocycles. The minimum Gasteiger partial charge on any atom is -0.487 e. The van der Waals surface area contributed by atoms with Gasteiger partial charge in [-0.3, -0.25) is 4.79 Å². The summed E-state index contributed by atoms with van der Waals surface area (Å²) in [6, 6.07) is 18.8. The van der Waals surface area contributed by atoms with Crippen LogP contribution in [0, 0.1) is 0 Å². The third kappa shape index (κ3) is 8.17. The summed E-state index contributed by atoms with van der Waals surface area (Å²) in [4.78, 5) is 20.0. The van der Waals surface area contributed by atoms with E-state index >= 15 is 0 Å². The highest BCUT2D eigenvalue weighted by Gasteiger charge is 2.13. The Bertz CT molecular complexity index is 1230. The molecule has 0 saturated heterocycles. The second kappa shape index (κ2) is 14.2. The Morgan fingerprint density at radius 3 is 2.32 bits per heavy atom. The van der Waals surface area contributed by atoms with Gasteiger partial charge in [0.2, 0.25) is 0 Å². The average Bonchev–Trinajstić information content (AvgIpc) is 2.94. The standard InChI is InChI=1S/C31H34ClN3O2/c1-5-24-11-16-27(34-30(24)6-2)22-37-28-17-12-25(13-18-28)29(21-23-9-14-26(32)15-10-23)31(36)33-19-20-35(7-3)8-4/h5-6,9-18,21H,1-2,7-8,19-20,22H2,3-4H3,(H,33,36)/b29-21+. The van der Waals surface area contributed by atoms with E-state index in [2.05, 4.69) is 42.2 Å². The van der Waals surface area contributed by atoms with Crippen molar-refractivity contribution in [1.82, 2.24) is 15.2 Å². The molecule has 0 radical (unpaired) electrons. The molecule has 0 unspecified atom stereocenters. The normalized spacial score (nSPS) is 11.3. The van der Waals surface area contributed by atoms with Crippen LogP contribution in [0.2, 0.25) is 5.02 Å². The van der Waals surface area contributed by atoms with Crippen molar-refractivity contribution in [3.05, 3.63) is 107 Å². The van der Waals surface area contributed by atoms with Gasteiger partial charge in [-0.05, 0) is 72.3 Å². The van der Waals surface area contributed by atoms with Crippen LogP contribution in [0.4, 0.5) is 0 Å². The quantitative estimate of drug-likeness (QED) is 0.206. The summed E-state index contributed by atoms with van der Waals surface area (Å²) >= 11 is 6.04. The van der Waals surface area contributed by atoms with E-state index in [1.54, 1.807) is 12.2 Å². The molecule has 1 N–H and O–H groups in total. The Morgan fingerprint density at radius 2 is 1.70 bits per heavy atom. The van der Waals surface area contributed by atoms with Gasteiger partial charge in [-0.15, -0.1) is 0 Å². The number of aromatic nitrogens is 1. The lowest BCUT2D eigenvalue weighted by Crippen LogP contribution is -2.35. The van der Waals surface area contributed by atoms with Crippen molar-refractivity contribution in [2.24, 2.45) is 0 Å². The Balaban J connectivity index is 1.75. The van der Waals surface area contributed by atoms with Gasteiger partial charge in [-0.2, -0.15) is 0 Å². The first-order valence-corrected chi connectivity index (χ1v) is 12.8. The van der Waals surface area contributed by atoms with Crippen LogP contribution in [0.1, 0.15) is 41.9 Å². The molecule has 0 fully saturated rings. The SMILES string of the molecule is C=Cc1ccc(COc2ccc(/C(=C\c3ccc(Cl)cc3)C(=O)NCCN(CC)CC)cc2)nc1C=C. The van der Waals surface area contributed by atoms with E-state index in [1.165, 1.54) is 0 Å². The molecular weight excluding hydrogens is 482 g/mol. The third-order valence-corrected chi connectivity index (χ3v) is 6.27. The van der Waals surface area contributed by atoms with Crippen molar-refractivity contribution >= 4 is 41.3 Å². The fraction of sp³-hybridized carbons (Fsp3) is 0.226. The molecule has 3 aromatic rings. The number of carbonyl (C=O) groups is 1. The van der Waals surface area contributed by atoms with Gasteiger partial charge in [0.05, 0.1) is 11.4 Å².